The molecule has 0 aliphatic rings. The molecule has 2 aromatic rings. The Labute approximate surface area is 116 Å². The number of anilines is 1. The Balaban J connectivity index is 1.93. The Hall–Kier alpha value is -1.81. The first-order chi connectivity index (χ1) is 9.15. The predicted octanol–water partition coefficient (Wildman–Crippen LogP) is 3.86. The van der Waals surface area contributed by atoms with Crippen LogP contribution in [0.4, 0.5) is 10.1 Å². The topological polar surface area (TPSA) is 29.1 Å². The molecule has 2 aromatic carbocycles. The number of hydrogen-bond acceptors (Lipinski definition) is 2. The summed E-state index contributed by atoms with van der Waals surface area (Å²) in [6, 6.07) is 14.3. The highest BCUT2D eigenvalue weighted by Crippen LogP contribution is 2.19. The molecule has 0 radical (unpaired) electrons. The Morgan fingerprint density at radius 3 is 2.68 bits per heavy atom. The van der Waals surface area contributed by atoms with E-state index in [1.807, 2.05) is 37.3 Å². The van der Waals surface area contributed by atoms with Gasteiger partial charge in [0, 0.05) is 4.90 Å². The average Bonchev–Trinajstić information content (AvgIpc) is 2.42. The fraction of sp³-hybridized carbons (Fsp3) is 0.133. The quantitative estimate of drug-likeness (QED) is 0.858. The van der Waals surface area contributed by atoms with Crippen molar-refractivity contribution >= 4 is 23.4 Å². The van der Waals surface area contributed by atoms with Gasteiger partial charge in [0.25, 0.3) is 0 Å². The molecule has 2 rings (SSSR count). The number of aryl methyl sites for hydroxylation is 1. The van der Waals surface area contributed by atoms with Gasteiger partial charge in [-0.1, -0.05) is 24.3 Å². The van der Waals surface area contributed by atoms with E-state index in [1.165, 1.54) is 17.8 Å². The molecule has 0 aliphatic heterocycles. The standard InChI is InChI=1S/C15H14FNOS/c1-11-7-8-13(16)14(9-11)17-15(18)10-19-12-5-3-2-4-6-12/h2-9H,10H2,1H3,(H,17,18). The van der Waals surface area contributed by atoms with Crippen LogP contribution in [0.25, 0.3) is 0 Å². The van der Waals surface area contributed by atoms with Gasteiger partial charge < -0.3 is 5.32 Å². The molecule has 0 spiro atoms. The molecular formula is C15H14FNOS. The van der Waals surface area contributed by atoms with Gasteiger partial charge in [-0.05, 0) is 36.8 Å². The van der Waals surface area contributed by atoms with Crippen LogP contribution >= 0.6 is 11.8 Å². The number of amides is 1. The van der Waals surface area contributed by atoms with Crippen LogP contribution in [-0.2, 0) is 4.79 Å². The summed E-state index contributed by atoms with van der Waals surface area (Å²) < 4.78 is 13.5. The number of nitrogens with one attached hydrogen (secondary N) is 1. The second-order valence-electron chi connectivity index (χ2n) is 4.13. The second kappa shape index (κ2) is 6.38. The first-order valence-electron chi connectivity index (χ1n) is 5.89. The van der Waals surface area contributed by atoms with E-state index in [0.29, 0.717) is 0 Å². The molecule has 1 N–H and O–H groups in total. The largest absolute Gasteiger partial charge is 0.323 e. The highest BCUT2D eigenvalue weighted by atomic mass is 32.2. The molecule has 0 saturated heterocycles. The van der Waals surface area contributed by atoms with E-state index < -0.39 is 5.82 Å². The van der Waals surface area contributed by atoms with E-state index in [4.69, 9.17) is 0 Å². The van der Waals surface area contributed by atoms with Gasteiger partial charge in [0.15, 0.2) is 0 Å². The molecule has 98 valence electrons. The monoisotopic (exact) mass is 275 g/mol. The van der Waals surface area contributed by atoms with Gasteiger partial charge in [0.1, 0.15) is 5.82 Å². The predicted molar refractivity (Wildman–Crippen MR) is 76.9 cm³/mol. The lowest BCUT2D eigenvalue weighted by atomic mass is 10.2. The Bertz CT molecular complexity index is 572. The van der Waals surface area contributed by atoms with Crippen LogP contribution in [0.1, 0.15) is 5.56 Å². The summed E-state index contributed by atoms with van der Waals surface area (Å²) in [5.74, 6) is -0.362. The molecule has 1 amide bonds. The lowest BCUT2D eigenvalue weighted by Gasteiger charge is -2.07. The third-order valence-electron chi connectivity index (χ3n) is 2.51. The van der Waals surface area contributed by atoms with Crippen molar-refractivity contribution in [3.63, 3.8) is 0 Å². The number of carbonyl (C=O) groups excluding carboxylic acids is 1. The van der Waals surface area contributed by atoms with E-state index in [0.717, 1.165) is 10.5 Å². The van der Waals surface area contributed by atoms with Crippen molar-refractivity contribution in [2.75, 3.05) is 11.1 Å². The van der Waals surface area contributed by atoms with Crippen molar-refractivity contribution in [2.24, 2.45) is 0 Å². The van der Waals surface area contributed by atoms with Gasteiger partial charge in [-0.25, -0.2) is 4.39 Å². The van der Waals surface area contributed by atoms with Crippen molar-refractivity contribution in [3.05, 3.63) is 59.9 Å². The lowest BCUT2D eigenvalue weighted by molar-refractivity contribution is -0.113. The van der Waals surface area contributed by atoms with Gasteiger partial charge >= 0.3 is 0 Å². The average molecular weight is 275 g/mol. The Morgan fingerprint density at radius 1 is 1.21 bits per heavy atom. The van der Waals surface area contributed by atoms with Gasteiger partial charge in [-0.3, -0.25) is 4.79 Å². The van der Waals surface area contributed by atoms with Gasteiger partial charge in [0.2, 0.25) is 5.91 Å². The van der Waals surface area contributed by atoms with Crippen LogP contribution in [0, 0.1) is 12.7 Å². The van der Waals surface area contributed by atoms with Gasteiger partial charge in [-0.2, -0.15) is 0 Å². The zero-order chi connectivity index (χ0) is 13.7. The number of hydrogen-bond donors (Lipinski definition) is 1. The maximum absolute atomic E-state index is 13.5. The first kappa shape index (κ1) is 13.6. The van der Waals surface area contributed by atoms with Gasteiger partial charge in [0.05, 0.1) is 11.4 Å². The fourth-order valence-corrected chi connectivity index (χ4v) is 2.31. The number of carbonyl (C=O) groups is 1. The van der Waals surface area contributed by atoms with Crippen molar-refractivity contribution < 1.29 is 9.18 Å². The molecule has 0 bridgehead atoms. The second-order valence-corrected chi connectivity index (χ2v) is 5.18. The number of thioether (sulfide) groups is 1. The smallest absolute Gasteiger partial charge is 0.234 e. The minimum atomic E-state index is -0.413. The van der Waals surface area contributed by atoms with Crippen LogP contribution in [0.3, 0.4) is 0 Å². The van der Waals surface area contributed by atoms with Crippen molar-refractivity contribution in [2.45, 2.75) is 11.8 Å². The van der Waals surface area contributed by atoms with Crippen LogP contribution < -0.4 is 5.32 Å². The molecule has 0 saturated carbocycles. The van der Waals surface area contributed by atoms with Gasteiger partial charge in [-0.15, -0.1) is 11.8 Å². The SMILES string of the molecule is Cc1ccc(F)c(NC(=O)CSc2ccccc2)c1. The maximum Gasteiger partial charge on any atom is 0.234 e. The van der Waals surface area contributed by atoms with Crippen LogP contribution in [0.5, 0.6) is 0 Å². The summed E-state index contributed by atoms with van der Waals surface area (Å²) in [6.45, 7) is 1.85. The zero-order valence-electron chi connectivity index (χ0n) is 10.5. The van der Waals surface area contributed by atoms with Crippen molar-refractivity contribution in [1.29, 1.82) is 0 Å². The third kappa shape index (κ3) is 4.10. The van der Waals surface area contributed by atoms with E-state index >= 15 is 0 Å². The van der Waals surface area contributed by atoms with Crippen molar-refractivity contribution in [3.8, 4) is 0 Å². The molecule has 2 nitrogen and oxygen atoms in total. The molecule has 0 heterocycles. The van der Waals surface area contributed by atoms with E-state index in [-0.39, 0.29) is 17.3 Å². The molecule has 19 heavy (non-hydrogen) atoms. The highest BCUT2D eigenvalue weighted by Gasteiger charge is 2.07. The van der Waals surface area contributed by atoms with E-state index in [9.17, 15) is 9.18 Å². The minimum Gasteiger partial charge on any atom is -0.323 e. The van der Waals surface area contributed by atoms with Crippen LogP contribution in [0.2, 0.25) is 0 Å². The van der Waals surface area contributed by atoms with E-state index in [1.54, 1.807) is 12.1 Å². The normalized spacial score (nSPS) is 10.2. The maximum atomic E-state index is 13.5. The fourth-order valence-electron chi connectivity index (χ4n) is 1.59. The summed E-state index contributed by atoms with van der Waals surface area (Å²) in [7, 11) is 0. The van der Waals surface area contributed by atoms with Crippen molar-refractivity contribution in [1.82, 2.24) is 0 Å². The Kier molecular flexibility index (Phi) is 4.58. The number of halogens is 1. The van der Waals surface area contributed by atoms with E-state index in [2.05, 4.69) is 5.32 Å². The zero-order valence-corrected chi connectivity index (χ0v) is 11.3. The molecule has 0 fully saturated rings. The molecule has 0 unspecified atom stereocenters. The summed E-state index contributed by atoms with van der Waals surface area (Å²) in [5.41, 5.74) is 1.14. The lowest BCUT2D eigenvalue weighted by Crippen LogP contribution is -2.15. The van der Waals surface area contributed by atoms with Crippen LogP contribution in [0.15, 0.2) is 53.4 Å². The number of rotatable bonds is 4. The molecular weight excluding hydrogens is 261 g/mol. The summed E-state index contributed by atoms with van der Waals surface area (Å²) in [5, 5.41) is 2.59. The Morgan fingerprint density at radius 2 is 1.95 bits per heavy atom. The summed E-state index contributed by atoms with van der Waals surface area (Å²) >= 11 is 1.42. The molecule has 0 atom stereocenters. The number of benzene rings is 2. The minimum absolute atomic E-state index is 0.210. The third-order valence-corrected chi connectivity index (χ3v) is 3.52. The first-order valence-corrected chi connectivity index (χ1v) is 6.87. The molecule has 0 aliphatic carbocycles. The molecule has 0 aromatic heterocycles. The van der Waals surface area contributed by atoms with Crippen LogP contribution in [-0.4, -0.2) is 11.7 Å². The molecule has 4 heteroatoms. The highest BCUT2D eigenvalue weighted by molar-refractivity contribution is 8.00. The summed E-state index contributed by atoms with van der Waals surface area (Å²) in [6.07, 6.45) is 0. The summed E-state index contributed by atoms with van der Waals surface area (Å²) in [4.78, 5) is 12.8.